The van der Waals surface area contributed by atoms with Gasteiger partial charge in [-0.2, -0.15) is 0 Å². The van der Waals surface area contributed by atoms with Gasteiger partial charge >= 0.3 is 0 Å². The van der Waals surface area contributed by atoms with E-state index < -0.39 is 5.41 Å². The molecule has 13 rings (SSSR count). The van der Waals surface area contributed by atoms with Crippen molar-refractivity contribution in [3.63, 3.8) is 0 Å². The Bertz CT molecular complexity index is 3430. The molecule has 0 radical (unpaired) electrons. The van der Waals surface area contributed by atoms with Crippen molar-refractivity contribution in [1.82, 2.24) is 0 Å². The highest BCUT2D eigenvalue weighted by Crippen LogP contribution is 2.62. The van der Waals surface area contributed by atoms with Crippen LogP contribution in [0.25, 0.3) is 65.7 Å². The summed E-state index contributed by atoms with van der Waals surface area (Å²) in [5.74, 6) is 0. The van der Waals surface area contributed by atoms with Gasteiger partial charge < -0.3 is 4.90 Å². The van der Waals surface area contributed by atoms with Crippen LogP contribution in [0.2, 0.25) is 0 Å². The SMILES string of the molecule is CC1(C)c2ccccc2-c2ccc(N(c3cccc4ccccc34)c3ccc4c5c(cccc35)-c3ccccc3C43c4ccccc4-c4cccc5cccc3c45)cc21. The fraction of sp³-hybridized carbons (Fsp3) is 0.0690. The lowest BCUT2D eigenvalue weighted by Gasteiger charge is -2.46. The van der Waals surface area contributed by atoms with Gasteiger partial charge in [0, 0.05) is 21.9 Å². The Kier molecular flexibility index (Phi) is 6.50. The van der Waals surface area contributed by atoms with Crippen molar-refractivity contribution >= 4 is 49.4 Å². The number of nitrogens with zero attached hydrogens (tertiary/aromatic N) is 1. The molecule has 0 amide bonds. The summed E-state index contributed by atoms with van der Waals surface area (Å²) in [6, 6.07) is 75.7. The molecular formula is C58H39N. The van der Waals surface area contributed by atoms with Crippen LogP contribution in [0.4, 0.5) is 17.1 Å². The maximum atomic E-state index is 2.54. The average Bonchev–Trinajstić information content (AvgIpc) is 3.52. The lowest BCUT2D eigenvalue weighted by Crippen LogP contribution is -2.36. The van der Waals surface area contributed by atoms with Crippen LogP contribution in [-0.4, -0.2) is 0 Å². The van der Waals surface area contributed by atoms with Gasteiger partial charge in [-0.1, -0.05) is 190 Å². The second-order valence-corrected chi connectivity index (χ2v) is 17.1. The Hall–Kier alpha value is -7.22. The number of hydrogen-bond donors (Lipinski definition) is 0. The van der Waals surface area contributed by atoms with Crippen LogP contribution in [-0.2, 0) is 10.8 Å². The summed E-state index contributed by atoms with van der Waals surface area (Å²) >= 11 is 0. The molecule has 1 atom stereocenters. The normalized spacial score (nSPS) is 16.2. The monoisotopic (exact) mass is 749 g/mol. The molecule has 3 aliphatic carbocycles. The van der Waals surface area contributed by atoms with E-state index in [0.29, 0.717) is 0 Å². The quantitative estimate of drug-likeness (QED) is 0.174. The molecule has 10 aromatic carbocycles. The predicted molar refractivity (Wildman–Crippen MR) is 248 cm³/mol. The van der Waals surface area contributed by atoms with Crippen LogP contribution in [0.15, 0.2) is 200 Å². The standard InChI is InChI=1S/C58H39N/c1-57(2)47-26-8-5-20-40(47)43-32-31-38(35-52(43)57)59(53-30-13-16-36-15-3-4-19-39(36)53)54-34-33-51-56-45(24-14-25-46(54)56)42-22-7-10-28-49(42)58(51)48-27-9-6-21-41(48)44-23-11-17-37-18-12-29-50(58)55(37)44/h3-35H,1-2H3. The van der Waals surface area contributed by atoms with Crippen molar-refractivity contribution in [2.24, 2.45) is 0 Å². The summed E-state index contributed by atoms with van der Waals surface area (Å²) in [7, 11) is 0. The number of anilines is 3. The van der Waals surface area contributed by atoms with Gasteiger partial charge in [0.05, 0.1) is 16.8 Å². The van der Waals surface area contributed by atoms with Gasteiger partial charge in [0.15, 0.2) is 0 Å². The predicted octanol–water partition coefficient (Wildman–Crippen LogP) is 15.3. The van der Waals surface area contributed by atoms with Gasteiger partial charge in [-0.3, -0.25) is 0 Å². The summed E-state index contributed by atoms with van der Waals surface area (Å²) in [6.45, 7) is 4.76. The molecule has 3 aliphatic rings. The van der Waals surface area contributed by atoms with E-state index >= 15 is 0 Å². The van der Waals surface area contributed by atoms with Crippen molar-refractivity contribution in [2.75, 3.05) is 4.90 Å². The average molecular weight is 750 g/mol. The maximum absolute atomic E-state index is 2.54. The molecule has 0 aromatic heterocycles. The Labute approximate surface area is 344 Å². The molecule has 0 saturated carbocycles. The van der Waals surface area contributed by atoms with Gasteiger partial charge in [-0.25, -0.2) is 0 Å². The van der Waals surface area contributed by atoms with Gasteiger partial charge in [0.2, 0.25) is 0 Å². The van der Waals surface area contributed by atoms with Gasteiger partial charge in [-0.15, -0.1) is 0 Å². The van der Waals surface area contributed by atoms with Gasteiger partial charge in [0.25, 0.3) is 0 Å². The van der Waals surface area contributed by atoms with Crippen LogP contribution in [0.1, 0.15) is 47.2 Å². The Morgan fingerprint density at radius 1 is 0.322 bits per heavy atom. The third kappa shape index (κ3) is 4.14. The van der Waals surface area contributed by atoms with E-state index in [4.69, 9.17) is 0 Å². The van der Waals surface area contributed by atoms with E-state index in [-0.39, 0.29) is 5.41 Å². The summed E-state index contributed by atoms with van der Waals surface area (Å²) in [5.41, 5.74) is 18.8. The minimum atomic E-state index is -0.528. The molecule has 276 valence electrons. The lowest BCUT2D eigenvalue weighted by molar-refractivity contribution is 0.660. The number of rotatable bonds is 3. The zero-order valence-corrected chi connectivity index (χ0v) is 33.0. The van der Waals surface area contributed by atoms with Crippen LogP contribution in [0.5, 0.6) is 0 Å². The van der Waals surface area contributed by atoms with E-state index in [2.05, 4.69) is 219 Å². The zero-order chi connectivity index (χ0) is 39.0. The minimum absolute atomic E-state index is 0.131. The van der Waals surface area contributed by atoms with Crippen molar-refractivity contribution in [3.05, 3.63) is 234 Å². The molecule has 0 N–H and O–H groups in total. The first-order valence-corrected chi connectivity index (χ1v) is 20.9. The molecule has 1 spiro atoms. The number of benzene rings is 10. The third-order valence-electron chi connectivity index (χ3n) is 14.0. The Balaban J connectivity index is 1.15. The van der Waals surface area contributed by atoms with Gasteiger partial charge in [0.1, 0.15) is 0 Å². The second-order valence-electron chi connectivity index (χ2n) is 17.1. The largest absolute Gasteiger partial charge is 0.309 e. The summed E-state index contributed by atoms with van der Waals surface area (Å²) in [4.78, 5) is 2.54. The lowest BCUT2D eigenvalue weighted by atomic mass is 9.55. The van der Waals surface area contributed by atoms with E-state index in [1.54, 1.807) is 0 Å². The van der Waals surface area contributed by atoms with Crippen LogP contribution < -0.4 is 4.90 Å². The second kappa shape index (κ2) is 11.7. The molecular weight excluding hydrogens is 711 g/mol. The topological polar surface area (TPSA) is 3.24 Å². The van der Waals surface area contributed by atoms with Crippen molar-refractivity contribution < 1.29 is 0 Å². The molecule has 1 nitrogen and oxygen atoms in total. The molecule has 0 bridgehead atoms. The van der Waals surface area contributed by atoms with Crippen molar-refractivity contribution in [1.29, 1.82) is 0 Å². The number of fused-ring (bicyclic) bond motifs is 12. The van der Waals surface area contributed by atoms with E-state index in [1.807, 2.05) is 0 Å². The molecule has 1 heteroatoms. The molecule has 0 heterocycles. The smallest absolute Gasteiger partial charge is 0.0726 e. The summed E-state index contributed by atoms with van der Waals surface area (Å²) in [5, 5.41) is 7.64. The molecule has 0 saturated heterocycles. The van der Waals surface area contributed by atoms with Gasteiger partial charge in [-0.05, 0) is 113 Å². The first-order valence-electron chi connectivity index (χ1n) is 20.9. The highest BCUT2D eigenvalue weighted by atomic mass is 15.1. The summed E-state index contributed by atoms with van der Waals surface area (Å²) < 4.78 is 0. The van der Waals surface area contributed by atoms with Crippen LogP contribution in [0.3, 0.4) is 0 Å². The van der Waals surface area contributed by atoms with E-state index in [1.165, 1.54) is 110 Å². The third-order valence-corrected chi connectivity index (χ3v) is 14.0. The fourth-order valence-corrected chi connectivity index (χ4v) is 11.6. The molecule has 0 fully saturated rings. The maximum Gasteiger partial charge on any atom is 0.0726 e. The van der Waals surface area contributed by atoms with Crippen molar-refractivity contribution in [3.8, 4) is 33.4 Å². The Morgan fingerprint density at radius 2 is 0.814 bits per heavy atom. The van der Waals surface area contributed by atoms with E-state index in [9.17, 15) is 0 Å². The number of hydrogen-bond acceptors (Lipinski definition) is 1. The molecule has 59 heavy (non-hydrogen) atoms. The van der Waals surface area contributed by atoms with E-state index in [0.717, 1.165) is 5.69 Å². The molecule has 0 aliphatic heterocycles. The minimum Gasteiger partial charge on any atom is -0.309 e. The summed E-state index contributed by atoms with van der Waals surface area (Å²) in [6.07, 6.45) is 0. The fourth-order valence-electron chi connectivity index (χ4n) is 11.6. The van der Waals surface area contributed by atoms with Crippen LogP contribution in [0, 0.1) is 0 Å². The first kappa shape index (κ1) is 32.8. The molecule has 10 aromatic rings. The zero-order valence-electron chi connectivity index (χ0n) is 33.0. The van der Waals surface area contributed by atoms with Crippen molar-refractivity contribution in [2.45, 2.75) is 24.7 Å². The van der Waals surface area contributed by atoms with Crippen LogP contribution >= 0.6 is 0 Å². The molecule has 1 unspecified atom stereocenters. The highest BCUT2D eigenvalue weighted by Gasteiger charge is 2.48. The Morgan fingerprint density at radius 3 is 1.59 bits per heavy atom. The first-order chi connectivity index (χ1) is 29.0. The highest BCUT2D eigenvalue weighted by molar-refractivity contribution is 6.15.